The first-order chi connectivity index (χ1) is 19.2. The number of carbonyl (C=O) groups is 1. The van der Waals surface area contributed by atoms with E-state index in [9.17, 15) is 13.2 Å². The van der Waals surface area contributed by atoms with Gasteiger partial charge in [-0.25, -0.2) is 4.79 Å². The van der Waals surface area contributed by atoms with Crippen LogP contribution < -0.4 is 10.6 Å². The van der Waals surface area contributed by atoms with E-state index >= 15 is 0 Å². The maximum atomic E-state index is 10.6. The van der Waals surface area contributed by atoms with Crippen molar-refractivity contribution in [2.45, 2.75) is 6.18 Å². The number of carboxylic acids is 1. The van der Waals surface area contributed by atoms with Crippen LogP contribution >= 0.6 is 11.3 Å². The minimum Gasteiger partial charge on any atom is -0.475 e. The zero-order valence-corrected chi connectivity index (χ0v) is 21.7. The number of nitrogens with one attached hydrogen (secondary N) is 4. The van der Waals surface area contributed by atoms with Gasteiger partial charge < -0.3 is 25.7 Å². The first-order valence-electron chi connectivity index (χ1n) is 12.5. The number of halogens is 3. The number of hydrogen-bond acceptors (Lipinski definition) is 6. The summed E-state index contributed by atoms with van der Waals surface area (Å²) in [5.41, 5.74) is 6.82. The third kappa shape index (κ3) is 5.17. The monoisotopic (exact) mass is 564 g/mol. The summed E-state index contributed by atoms with van der Waals surface area (Å²) in [7, 11) is 0. The van der Waals surface area contributed by atoms with Crippen molar-refractivity contribution >= 4 is 50.8 Å². The van der Waals surface area contributed by atoms with Crippen molar-refractivity contribution in [1.29, 1.82) is 0 Å². The second kappa shape index (κ2) is 10.2. The number of alkyl halides is 3. The number of aromatic nitrogens is 2. The second-order valence-electron chi connectivity index (χ2n) is 9.25. The Kier molecular flexibility index (Phi) is 6.54. The maximum Gasteiger partial charge on any atom is 0.490 e. The molecule has 0 atom stereocenters. The highest BCUT2D eigenvalue weighted by atomic mass is 32.1. The van der Waals surface area contributed by atoms with Gasteiger partial charge in [0.05, 0.1) is 34.2 Å². The van der Waals surface area contributed by atoms with Crippen LogP contribution in [-0.2, 0) is 4.79 Å². The van der Waals surface area contributed by atoms with Crippen molar-refractivity contribution in [3.05, 3.63) is 71.8 Å². The van der Waals surface area contributed by atoms with E-state index in [1.807, 2.05) is 0 Å². The number of amidine groups is 2. The molecule has 0 aliphatic carbocycles. The maximum absolute atomic E-state index is 10.6. The van der Waals surface area contributed by atoms with Crippen LogP contribution in [0.4, 0.5) is 13.2 Å². The summed E-state index contributed by atoms with van der Waals surface area (Å²) in [6.07, 6.45) is -5.08. The van der Waals surface area contributed by atoms with Crippen molar-refractivity contribution < 1.29 is 23.1 Å². The molecule has 0 spiro atoms. The van der Waals surface area contributed by atoms with Gasteiger partial charge >= 0.3 is 12.1 Å². The molecule has 0 saturated heterocycles. The molecule has 40 heavy (non-hydrogen) atoms. The van der Waals surface area contributed by atoms with Crippen molar-refractivity contribution in [3.63, 3.8) is 0 Å². The summed E-state index contributed by atoms with van der Waals surface area (Å²) in [6, 6.07) is 21.8. The second-order valence-corrected chi connectivity index (χ2v) is 10.3. The molecule has 204 valence electrons. The first kappa shape index (κ1) is 25.7. The van der Waals surface area contributed by atoms with Crippen LogP contribution in [0.3, 0.4) is 0 Å². The predicted molar refractivity (Wildman–Crippen MR) is 151 cm³/mol. The summed E-state index contributed by atoms with van der Waals surface area (Å²) in [5.74, 6) is -0.777. The molecule has 0 radical (unpaired) electrons. The SMILES string of the molecule is O=C(O)C(F)(F)F.c1cc2cc(-c3ccc(-c4cc5ccc(C6=NCCN6)cc5[nH]4)s3)[nH]c2cc1C1=NCCN1. The van der Waals surface area contributed by atoms with Gasteiger partial charge in [0.15, 0.2) is 0 Å². The van der Waals surface area contributed by atoms with Crippen LogP contribution in [0, 0.1) is 0 Å². The lowest BCUT2D eigenvalue weighted by Gasteiger charge is -2.01. The summed E-state index contributed by atoms with van der Waals surface area (Å²) in [4.78, 5) is 27.6. The van der Waals surface area contributed by atoms with E-state index in [0.717, 1.165) is 71.4 Å². The van der Waals surface area contributed by atoms with Crippen LogP contribution in [0.1, 0.15) is 11.1 Å². The molecule has 2 aliphatic heterocycles. The molecular weight excluding hydrogens is 541 g/mol. The molecule has 0 saturated carbocycles. The zero-order valence-electron chi connectivity index (χ0n) is 20.9. The fourth-order valence-corrected chi connectivity index (χ4v) is 5.57. The molecule has 5 aromatic rings. The van der Waals surface area contributed by atoms with Crippen LogP contribution in [0.2, 0.25) is 0 Å². The van der Waals surface area contributed by atoms with Gasteiger partial charge in [-0.05, 0) is 36.4 Å². The van der Waals surface area contributed by atoms with Gasteiger partial charge in [0, 0.05) is 46.0 Å². The number of aliphatic imine (C=N–C) groups is 2. The number of carboxylic acid groups (broad SMARTS) is 1. The Balaban J connectivity index is 0.000000370. The van der Waals surface area contributed by atoms with Gasteiger partial charge in [-0.1, -0.05) is 24.3 Å². The Bertz CT molecular complexity index is 1680. The van der Waals surface area contributed by atoms with E-state index in [1.165, 1.54) is 20.5 Å². The number of aliphatic carboxylic acids is 1. The third-order valence-electron chi connectivity index (χ3n) is 6.52. The van der Waals surface area contributed by atoms with E-state index in [1.54, 1.807) is 11.3 Å². The number of benzene rings is 2. The summed E-state index contributed by atoms with van der Waals surface area (Å²) < 4.78 is 31.7. The average molecular weight is 565 g/mol. The van der Waals surface area contributed by atoms with E-state index < -0.39 is 12.1 Å². The number of aromatic amines is 2. The lowest BCUT2D eigenvalue weighted by atomic mass is 10.1. The number of nitrogens with zero attached hydrogens (tertiary/aromatic N) is 2. The summed E-state index contributed by atoms with van der Waals surface area (Å²) in [5, 5.41) is 16.3. The Labute approximate surface area is 229 Å². The van der Waals surface area contributed by atoms with E-state index in [-0.39, 0.29) is 0 Å². The molecule has 0 bridgehead atoms. The largest absolute Gasteiger partial charge is 0.490 e. The number of fused-ring (bicyclic) bond motifs is 2. The smallest absolute Gasteiger partial charge is 0.475 e. The van der Waals surface area contributed by atoms with Gasteiger partial charge in [0.25, 0.3) is 0 Å². The fourth-order valence-electron chi connectivity index (χ4n) is 4.62. The Morgan fingerprint density at radius 1 is 0.750 bits per heavy atom. The third-order valence-corrected chi connectivity index (χ3v) is 7.67. The van der Waals surface area contributed by atoms with Gasteiger partial charge in [-0.3, -0.25) is 9.98 Å². The number of rotatable bonds is 4. The minimum atomic E-state index is -5.08. The molecule has 0 fully saturated rings. The normalized spacial score (nSPS) is 14.9. The average Bonchev–Trinajstić information content (AvgIpc) is 3.76. The number of thiophene rings is 1. The highest BCUT2D eigenvalue weighted by molar-refractivity contribution is 7.18. The van der Waals surface area contributed by atoms with Crippen molar-refractivity contribution in [3.8, 4) is 21.1 Å². The molecule has 2 aliphatic rings. The quantitative estimate of drug-likeness (QED) is 0.202. The molecule has 5 heterocycles. The topological polar surface area (TPSA) is 118 Å². The molecule has 5 N–H and O–H groups in total. The van der Waals surface area contributed by atoms with Gasteiger partial charge in [0.1, 0.15) is 11.7 Å². The van der Waals surface area contributed by atoms with Crippen molar-refractivity contribution in [2.75, 3.05) is 26.2 Å². The molecule has 7 rings (SSSR count). The lowest BCUT2D eigenvalue weighted by Crippen LogP contribution is -2.21. The highest BCUT2D eigenvalue weighted by Crippen LogP contribution is 2.36. The molecule has 3 aromatic heterocycles. The Morgan fingerprint density at radius 3 is 1.57 bits per heavy atom. The van der Waals surface area contributed by atoms with Crippen LogP contribution in [-0.4, -0.2) is 65.1 Å². The Morgan fingerprint density at radius 2 is 1.20 bits per heavy atom. The first-order valence-corrected chi connectivity index (χ1v) is 13.3. The Hall–Kier alpha value is -4.58. The predicted octanol–water partition coefficient (Wildman–Crippen LogP) is 5.38. The fraction of sp³-hybridized carbons (Fsp3) is 0.179. The summed E-state index contributed by atoms with van der Waals surface area (Å²) in [6.45, 7) is 3.54. The molecule has 2 aromatic carbocycles. The van der Waals surface area contributed by atoms with Crippen molar-refractivity contribution in [2.24, 2.45) is 9.98 Å². The molecule has 0 unspecified atom stereocenters. The van der Waals surface area contributed by atoms with Crippen LogP contribution in [0.25, 0.3) is 42.9 Å². The molecule has 8 nitrogen and oxygen atoms in total. The van der Waals surface area contributed by atoms with Gasteiger partial charge in [-0.2, -0.15) is 13.2 Å². The van der Waals surface area contributed by atoms with E-state index in [2.05, 4.69) is 91.3 Å². The lowest BCUT2D eigenvalue weighted by molar-refractivity contribution is -0.192. The highest BCUT2D eigenvalue weighted by Gasteiger charge is 2.38. The van der Waals surface area contributed by atoms with Crippen LogP contribution in [0.15, 0.2) is 70.6 Å². The van der Waals surface area contributed by atoms with Gasteiger partial charge in [-0.15, -0.1) is 11.3 Å². The minimum absolute atomic E-state index is 0.849. The molecule has 0 amide bonds. The van der Waals surface area contributed by atoms with E-state index in [4.69, 9.17) is 9.90 Å². The zero-order chi connectivity index (χ0) is 27.9. The molecule has 12 heteroatoms. The van der Waals surface area contributed by atoms with Crippen LogP contribution in [0.5, 0.6) is 0 Å². The molecular formula is C28H23F3N6O2S. The van der Waals surface area contributed by atoms with Crippen molar-refractivity contribution in [1.82, 2.24) is 20.6 Å². The summed E-state index contributed by atoms with van der Waals surface area (Å²) >= 11 is 1.79. The van der Waals surface area contributed by atoms with Gasteiger partial charge in [0.2, 0.25) is 0 Å². The number of H-pyrrole nitrogens is 2. The number of hydrogen-bond donors (Lipinski definition) is 5. The standard InChI is InChI=1S/C26H22N6S.C2HF3O2/c1-3-17(25-27-7-8-28-25)13-19-15(1)11-21(31-19)23-5-6-24(33-23)22-12-16-2-4-18(14-20(16)32-22)26-29-9-10-30-26;3-2(4,5)1(6)7/h1-6,11-14,31-32H,7-10H2,(H,27,28)(H,29,30);(H,6,7). The van der Waals surface area contributed by atoms with E-state index in [0.29, 0.717) is 0 Å².